The molecule has 0 nitrogen and oxygen atoms in total. The molecule has 0 aliphatic heterocycles. The molecule has 0 saturated carbocycles. The number of hydrogen-bond donors (Lipinski definition) is 0. The first-order chi connectivity index (χ1) is 7.68. The number of halogens is 2. The molecule has 2 heteroatoms. The molecule has 0 bridgehead atoms. The standard InChI is InChI=1S/C14H12BrCl/c1-10-7-8-12(9-13(10)15)14(16)11-5-3-2-4-6-11/h2-9,14H,1H3. The van der Waals surface area contributed by atoms with Crippen LogP contribution in [-0.2, 0) is 0 Å². The van der Waals surface area contributed by atoms with Crippen molar-refractivity contribution in [3.8, 4) is 0 Å². The van der Waals surface area contributed by atoms with Gasteiger partial charge in [0.25, 0.3) is 0 Å². The molecule has 0 aromatic heterocycles. The highest BCUT2D eigenvalue weighted by Crippen LogP contribution is 2.31. The summed E-state index contributed by atoms with van der Waals surface area (Å²) in [6, 6.07) is 16.3. The second kappa shape index (κ2) is 5.03. The van der Waals surface area contributed by atoms with Crippen molar-refractivity contribution in [2.24, 2.45) is 0 Å². The van der Waals surface area contributed by atoms with Gasteiger partial charge in [-0.2, -0.15) is 0 Å². The SMILES string of the molecule is Cc1ccc(C(Cl)c2ccccc2)cc1Br. The molecule has 1 atom stereocenters. The van der Waals surface area contributed by atoms with E-state index in [0.717, 1.165) is 15.6 Å². The zero-order valence-corrected chi connectivity index (χ0v) is 11.3. The predicted octanol–water partition coefficient (Wildman–Crippen LogP) is 5.09. The Hall–Kier alpha value is -0.790. The summed E-state index contributed by atoms with van der Waals surface area (Å²) in [6.07, 6.45) is 0. The lowest BCUT2D eigenvalue weighted by molar-refractivity contribution is 1.13. The number of hydrogen-bond acceptors (Lipinski definition) is 0. The minimum atomic E-state index is -0.0851. The van der Waals surface area contributed by atoms with E-state index in [4.69, 9.17) is 11.6 Å². The molecule has 0 saturated heterocycles. The van der Waals surface area contributed by atoms with Crippen LogP contribution >= 0.6 is 27.5 Å². The van der Waals surface area contributed by atoms with Crippen LogP contribution in [0.2, 0.25) is 0 Å². The molecule has 2 rings (SSSR count). The molecule has 0 aliphatic carbocycles. The first-order valence-corrected chi connectivity index (χ1v) is 6.36. The first-order valence-electron chi connectivity index (χ1n) is 5.13. The van der Waals surface area contributed by atoms with Crippen molar-refractivity contribution in [3.63, 3.8) is 0 Å². The Morgan fingerprint density at radius 1 is 1.00 bits per heavy atom. The van der Waals surface area contributed by atoms with Crippen LogP contribution in [0.4, 0.5) is 0 Å². The van der Waals surface area contributed by atoms with Crippen LogP contribution in [0.25, 0.3) is 0 Å². The lowest BCUT2D eigenvalue weighted by Crippen LogP contribution is -1.93. The fourth-order valence-corrected chi connectivity index (χ4v) is 2.26. The van der Waals surface area contributed by atoms with E-state index in [1.54, 1.807) is 0 Å². The zero-order chi connectivity index (χ0) is 11.5. The van der Waals surface area contributed by atoms with Gasteiger partial charge in [-0.1, -0.05) is 58.4 Å². The third kappa shape index (κ3) is 2.47. The fourth-order valence-electron chi connectivity index (χ4n) is 1.58. The van der Waals surface area contributed by atoms with Crippen molar-refractivity contribution >= 4 is 27.5 Å². The van der Waals surface area contributed by atoms with Gasteiger partial charge in [-0.3, -0.25) is 0 Å². The van der Waals surface area contributed by atoms with Gasteiger partial charge in [-0.15, -0.1) is 11.6 Å². The molecule has 0 radical (unpaired) electrons. The maximum absolute atomic E-state index is 6.44. The molecule has 0 heterocycles. The van der Waals surface area contributed by atoms with E-state index in [1.165, 1.54) is 5.56 Å². The molecule has 0 N–H and O–H groups in total. The highest BCUT2D eigenvalue weighted by molar-refractivity contribution is 9.10. The summed E-state index contributed by atoms with van der Waals surface area (Å²) < 4.78 is 1.10. The highest BCUT2D eigenvalue weighted by atomic mass is 79.9. The van der Waals surface area contributed by atoms with Gasteiger partial charge in [0, 0.05) is 4.47 Å². The average molecular weight is 296 g/mol. The van der Waals surface area contributed by atoms with Gasteiger partial charge in [0.15, 0.2) is 0 Å². The maximum Gasteiger partial charge on any atom is 0.0835 e. The summed E-state index contributed by atoms with van der Waals surface area (Å²) in [5.41, 5.74) is 3.46. The van der Waals surface area contributed by atoms with Crippen LogP contribution < -0.4 is 0 Å². The number of aryl methyl sites for hydroxylation is 1. The van der Waals surface area contributed by atoms with Crippen LogP contribution in [0.3, 0.4) is 0 Å². The largest absolute Gasteiger partial charge is 0.113 e. The van der Waals surface area contributed by atoms with Gasteiger partial charge in [-0.25, -0.2) is 0 Å². The fraction of sp³-hybridized carbons (Fsp3) is 0.143. The van der Waals surface area contributed by atoms with Crippen LogP contribution in [0.15, 0.2) is 53.0 Å². The molecule has 82 valence electrons. The van der Waals surface area contributed by atoms with E-state index >= 15 is 0 Å². The van der Waals surface area contributed by atoms with E-state index in [9.17, 15) is 0 Å². The Bertz CT molecular complexity index is 479. The van der Waals surface area contributed by atoms with E-state index in [2.05, 4.69) is 41.1 Å². The number of rotatable bonds is 2. The molecule has 0 spiro atoms. The summed E-state index contributed by atoms with van der Waals surface area (Å²) in [5, 5.41) is -0.0851. The Labute approximate surface area is 109 Å². The van der Waals surface area contributed by atoms with Crippen molar-refractivity contribution in [1.82, 2.24) is 0 Å². The first kappa shape index (κ1) is 11.7. The molecule has 2 aromatic rings. The molecule has 2 aromatic carbocycles. The minimum Gasteiger partial charge on any atom is -0.113 e. The third-order valence-corrected chi connectivity index (χ3v) is 3.94. The second-order valence-electron chi connectivity index (χ2n) is 3.78. The molecule has 0 amide bonds. The highest BCUT2D eigenvalue weighted by Gasteiger charge is 2.10. The minimum absolute atomic E-state index is 0.0851. The van der Waals surface area contributed by atoms with E-state index in [-0.39, 0.29) is 5.38 Å². The van der Waals surface area contributed by atoms with Crippen molar-refractivity contribution < 1.29 is 0 Å². The van der Waals surface area contributed by atoms with Crippen LogP contribution in [0.5, 0.6) is 0 Å². The second-order valence-corrected chi connectivity index (χ2v) is 5.07. The lowest BCUT2D eigenvalue weighted by Gasteiger charge is -2.11. The summed E-state index contributed by atoms with van der Waals surface area (Å²) >= 11 is 9.96. The average Bonchev–Trinajstić information content (AvgIpc) is 2.33. The van der Waals surface area contributed by atoms with Gasteiger partial charge in [0.2, 0.25) is 0 Å². The van der Waals surface area contributed by atoms with Gasteiger partial charge in [0.05, 0.1) is 5.38 Å². The van der Waals surface area contributed by atoms with Crippen molar-refractivity contribution in [3.05, 3.63) is 69.7 Å². The summed E-state index contributed by atoms with van der Waals surface area (Å²) in [6.45, 7) is 2.07. The van der Waals surface area contributed by atoms with Gasteiger partial charge < -0.3 is 0 Å². The normalized spacial score (nSPS) is 12.4. The van der Waals surface area contributed by atoms with E-state index in [0.29, 0.717) is 0 Å². The van der Waals surface area contributed by atoms with E-state index < -0.39 is 0 Å². The molecule has 0 aliphatic rings. The maximum atomic E-state index is 6.44. The summed E-state index contributed by atoms with van der Waals surface area (Å²) in [5.74, 6) is 0. The monoisotopic (exact) mass is 294 g/mol. The van der Waals surface area contributed by atoms with Crippen LogP contribution in [-0.4, -0.2) is 0 Å². The number of alkyl halides is 1. The van der Waals surface area contributed by atoms with Crippen molar-refractivity contribution in [1.29, 1.82) is 0 Å². The van der Waals surface area contributed by atoms with Gasteiger partial charge >= 0.3 is 0 Å². The zero-order valence-electron chi connectivity index (χ0n) is 8.95. The van der Waals surface area contributed by atoms with E-state index in [1.807, 2.05) is 30.3 Å². The Morgan fingerprint density at radius 2 is 1.69 bits per heavy atom. The van der Waals surface area contributed by atoms with Crippen LogP contribution in [0.1, 0.15) is 22.1 Å². The van der Waals surface area contributed by atoms with Gasteiger partial charge in [0.1, 0.15) is 0 Å². The van der Waals surface area contributed by atoms with Gasteiger partial charge in [-0.05, 0) is 29.7 Å². The smallest absolute Gasteiger partial charge is 0.0835 e. The number of benzene rings is 2. The summed E-state index contributed by atoms with van der Waals surface area (Å²) in [7, 11) is 0. The lowest BCUT2D eigenvalue weighted by atomic mass is 10.0. The molecule has 1 unspecified atom stereocenters. The molecule has 0 fully saturated rings. The Kier molecular flexibility index (Phi) is 3.67. The molecular weight excluding hydrogens is 284 g/mol. The topological polar surface area (TPSA) is 0 Å². The third-order valence-electron chi connectivity index (χ3n) is 2.58. The summed E-state index contributed by atoms with van der Waals surface area (Å²) in [4.78, 5) is 0. The molecule has 16 heavy (non-hydrogen) atoms. The Balaban J connectivity index is 2.34. The Morgan fingerprint density at radius 3 is 2.31 bits per heavy atom. The van der Waals surface area contributed by atoms with Crippen molar-refractivity contribution in [2.75, 3.05) is 0 Å². The van der Waals surface area contributed by atoms with Crippen LogP contribution in [0, 0.1) is 6.92 Å². The molecular formula is C14H12BrCl. The quantitative estimate of drug-likeness (QED) is 0.677. The predicted molar refractivity (Wildman–Crippen MR) is 73.0 cm³/mol. The van der Waals surface area contributed by atoms with Crippen molar-refractivity contribution in [2.45, 2.75) is 12.3 Å².